The number of carbonyl (C=O) groups is 1. The summed E-state index contributed by atoms with van der Waals surface area (Å²) in [5, 5.41) is 3.18. The highest BCUT2D eigenvalue weighted by Gasteiger charge is 2.38. The molecule has 2 aromatic rings. The number of nitrogens with zero attached hydrogens (tertiary/aromatic N) is 2. The van der Waals surface area contributed by atoms with E-state index in [-0.39, 0.29) is 17.0 Å². The molecule has 0 fully saturated rings. The molecule has 0 unspecified atom stereocenters. The van der Waals surface area contributed by atoms with Crippen LogP contribution in [0.25, 0.3) is 11.4 Å². The molecule has 1 aromatic heterocycles. The number of carbonyl (C=O) groups excluding carboxylic acids is 1. The van der Waals surface area contributed by atoms with Crippen molar-refractivity contribution in [2.75, 3.05) is 0 Å². The fourth-order valence-corrected chi connectivity index (χ4v) is 1.34. The van der Waals surface area contributed by atoms with Crippen molar-refractivity contribution in [1.29, 1.82) is 0 Å². The van der Waals surface area contributed by atoms with Crippen LogP contribution in [0, 0.1) is 0 Å². The first-order valence-electron chi connectivity index (χ1n) is 4.69. The van der Waals surface area contributed by atoms with Crippen LogP contribution in [-0.4, -0.2) is 16.0 Å². The van der Waals surface area contributed by atoms with Gasteiger partial charge in [-0.05, 0) is 6.07 Å². The summed E-state index contributed by atoms with van der Waals surface area (Å²) < 4.78 is 40.9. The van der Waals surface area contributed by atoms with Crippen molar-refractivity contribution in [2.24, 2.45) is 5.73 Å². The van der Waals surface area contributed by atoms with Gasteiger partial charge in [-0.15, -0.1) is 0 Å². The average Bonchev–Trinajstić information content (AvgIpc) is 2.77. The lowest BCUT2D eigenvalue weighted by molar-refractivity contribution is -0.159. The minimum Gasteiger partial charge on any atom is -0.366 e. The Bertz CT molecular complexity index is 592. The number of rotatable bonds is 2. The summed E-state index contributed by atoms with van der Waals surface area (Å²) in [5.41, 5.74) is 5.20. The summed E-state index contributed by atoms with van der Waals surface area (Å²) in [7, 11) is 0. The van der Waals surface area contributed by atoms with Crippen molar-refractivity contribution in [3.05, 3.63) is 35.7 Å². The second kappa shape index (κ2) is 4.13. The Morgan fingerprint density at radius 2 is 1.94 bits per heavy atom. The predicted octanol–water partition coefficient (Wildman–Crippen LogP) is 1.85. The molecule has 0 aliphatic carbocycles. The number of hydrogen-bond donors (Lipinski definition) is 1. The largest absolute Gasteiger partial charge is 0.471 e. The van der Waals surface area contributed by atoms with Gasteiger partial charge >= 0.3 is 12.1 Å². The Labute approximate surface area is 98.4 Å². The highest BCUT2D eigenvalue weighted by molar-refractivity contribution is 5.98. The van der Waals surface area contributed by atoms with E-state index in [9.17, 15) is 18.0 Å². The molecule has 0 radical (unpaired) electrons. The number of halogens is 3. The second-order valence-electron chi connectivity index (χ2n) is 3.33. The van der Waals surface area contributed by atoms with Gasteiger partial charge in [-0.3, -0.25) is 4.79 Å². The topological polar surface area (TPSA) is 82.0 Å². The first kappa shape index (κ1) is 12.1. The minimum absolute atomic E-state index is 0.0204. The van der Waals surface area contributed by atoms with Gasteiger partial charge in [0, 0.05) is 5.56 Å². The molecule has 0 saturated heterocycles. The van der Waals surface area contributed by atoms with Crippen LogP contribution in [0.5, 0.6) is 0 Å². The fourth-order valence-electron chi connectivity index (χ4n) is 1.34. The fraction of sp³-hybridized carbons (Fsp3) is 0.100. The molecular formula is C10H6F3N3O2. The summed E-state index contributed by atoms with van der Waals surface area (Å²) in [4.78, 5) is 14.3. The van der Waals surface area contributed by atoms with Gasteiger partial charge in [-0.25, -0.2) is 0 Å². The quantitative estimate of drug-likeness (QED) is 0.890. The number of alkyl halides is 3. The highest BCUT2D eigenvalue weighted by atomic mass is 19.4. The van der Waals surface area contributed by atoms with Crippen LogP contribution in [0.1, 0.15) is 16.2 Å². The maximum Gasteiger partial charge on any atom is 0.471 e. The SMILES string of the molecule is NC(=O)c1ccccc1-c1noc(C(F)(F)F)n1. The van der Waals surface area contributed by atoms with E-state index < -0.39 is 18.0 Å². The van der Waals surface area contributed by atoms with Crippen molar-refractivity contribution >= 4 is 5.91 Å². The van der Waals surface area contributed by atoms with Crippen LogP contribution in [0.2, 0.25) is 0 Å². The summed E-state index contributed by atoms with van der Waals surface area (Å²) in [6.45, 7) is 0. The van der Waals surface area contributed by atoms with Gasteiger partial charge in [0.25, 0.3) is 0 Å². The summed E-state index contributed by atoms with van der Waals surface area (Å²) in [6, 6.07) is 5.78. The molecule has 0 aliphatic rings. The monoisotopic (exact) mass is 257 g/mol. The van der Waals surface area contributed by atoms with Crippen LogP contribution in [0.15, 0.2) is 28.8 Å². The molecule has 94 valence electrons. The lowest BCUT2D eigenvalue weighted by Gasteiger charge is -2.00. The molecule has 1 heterocycles. The third-order valence-electron chi connectivity index (χ3n) is 2.10. The van der Waals surface area contributed by atoms with Crippen LogP contribution in [0.4, 0.5) is 13.2 Å². The maximum absolute atomic E-state index is 12.3. The molecule has 2 rings (SSSR count). The van der Waals surface area contributed by atoms with E-state index in [4.69, 9.17) is 5.73 Å². The maximum atomic E-state index is 12.3. The van der Waals surface area contributed by atoms with Gasteiger partial charge in [0.05, 0.1) is 5.56 Å². The molecule has 0 aliphatic heterocycles. The minimum atomic E-state index is -4.73. The highest BCUT2D eigenvalue weighted by Crippen LogP contribution is 2.30. The van der Waals surface area contributed by atoms with Gasteiger partial charge in [-0.2, -0.15) is 18.2 Å². The Morgan fingerprint density at radius 1 is 1.28 bits per heavy atom. The smallest absolute Gasteiger partial charge is 0.366 e. The normalized spacial score (nSPS) is 11.5. The molecular weight excluding hydrogens is 251 g/mol. The van der Waals surface area contributed by atoms with E-state index in [1.165, 1.54) is 24.3 Å². The number of aromatic nitrogens is 2. The van der Waals surface area contributed by atoms with Crippen LogP contribution in [0.3, 0.4) is 0 Å². The van der Waals surface area contributed by atoms with Crippen molar-refractivity contribution in [2.45, 2.75) is 6.18 Å². The second-order valence-corrected chi connectivity index (χ2v) is 3.33. The molecule has 1 aromatic carbocycles. The molecule has 8 heteroatoms. The molecule has 1 amide bonds. The van der Waals surface area contributed by atoms with Crippen molar-refractivity contribution < 1.29 is 22.5 Å². The first-order valence-corrected chi connectivity index (χ1v) is 4.69. The standard InChI is InChI=1S/C10H6F3N3O2/c11-10(12,13)9-15-8(16-18-9)6-4-2-1-3-5(6)7(14)17/h1-4H,(H2,14,17). The average molecular weight is 257 g/mol. The van der Waals surface area contributed by atoms with Gasteiger partial charge in [0.2, 0.25) is 11.7 Å². The molecule has 0 spiro atoms. The number of primary amides is 1. The Morgan fingerprint density at radius 3 is 2.50 bits per heavy atom. The third kappa shape index (κ3) is 2.17. The predicted molar refractivity (Wildman–Crippen MR) is 53.3 cm³/mol. The van der Waals surface area contributed by atoms with E-state index in [1.807, 2.05) is 0 Å². The molecule has 18 heavy (non-hydrogen) atoms. The Kier molecular flexibility index (Phi) is 2.77. The van der Waals surface area contributed by atoms with E-state index in [2.05, 4.69) is 14.7 Å². The number of amides is 1. The zero-order chi connectivity index (χ0) is 13.3. The first-order chi connectivity index (χ1) is 8.39. The lowest BCUT2D eigenvalue weighted by Crippen LogP contribution is -2.12. The van der Waals surface area contributed by atoms with Crippen molar-refractivity contribution in [1.82, 2.24) is 10.1 Å². The third-order valence-corrected chi connectivity index (χ3v) is 2.10. The van der Waals surface area contributed by atoms with Crippen LogP contribution < -0.4 is 5.73 Å². The van der Waals surface area contributed by atoms with Gasteiger partial charge in [0.15, 0.2) is 0 Å². The number of nitrogens with two attached hydrogens (primary N) is 1. The Balaban J connectivity index is 2.50. The van der Waals surface area contributed by atoms with Crippen molar-refractivity contribution in [3.63, 3.8) is 0 Å². The zero-order valence-corrected chi connectivity index (χ0v) is 8.73. The molecule has 0 atom stereocenters. The van der Waals surface area contributed by atoms with Gasteiger partial charge in [-0.1, -0.05) is 23.4 Å². The van der Waals surface area contributed by atoms with Crippen LogP contribution >= 0.6 is 0 Å². The van der Waals surface area contributed by atoms with Gasteiger partial charge < -0.3 is 10.3 Å². The van der Waals surface area contributed by atoms with Gasteiger partial charge in [0.1, 0.15) is 0 Å². The summed E-state index contributed by atoms with van der Waals surface area (Å²) in [6.07, 6.45) is -4.73. The Hall–Kier alpha value is -2.38. The van der Waals surface area contributed by atoms with E-state index in [1.54, 1.807) is 0 Å². The number of benzene rings is 1. The van der Waals surface area contributed by atoms with Crippen molar-refractivity contribution in [3.8, 4) is 11.4 Å². The summed E-state index contributed by atoms with van der Waals surface area (Å²) in [5.74, 6) is -2.60. The van der Waals surface area contributed by atoms with E-state index in [0.717, 1.165) is 0 Å². The lowest BCUT2D eigenvalue weighted by atomic mass is 10.1. The zero-order valence-electron chi connectivity index (χ0n) is 8.73. The van der Waals surface area contributed by atoms with Crippen LogP contribution in [-0.2, 0) is 6.18 Å². The molecule has 2 N–H and O–H groups in total. The summed E-state index contributed by atoms with van der Waals surface area (Å²) >= 11 is 0. The van der Waals surface area contributed by atoms with E-state index in [0.29, 0.717) is 0 Å². The molecule has 0 saturated carbocycles. The molecule has 5 nitrogen and oxygen atoms in total. The number of hydrogen-bond acceptors (Lipinski definition) is 4. The molecule has 0 bridgehead atoms. The van der Waals surface area contributed by atoms with E-state index >= 15 is 0 Å².